The highest BCUT2D eigenvalue weighted by molar-refractivity contribution is 6.04. The molecule has 0 fully saturated rings. The largest absolute Gasteiger partial charge is 0.416 e. The van der Waals surface area contributed by atoms with E-state index in [4.69, 9.17) is 0 Å². The van der Waals surface area contributed by atoms with Crippen molar-refractivity contribution < 1.29 is 26.7 Å². The molecule has 8 heteroatoms. The Balaban J connectivity index is 1.90. The van der Waals surface area contributed by atoms with Gasteiger partial charge in [0.25, 0.3) is 5.91 Å². The maximum Gasteiger partial charge on any atom is 0.416 e. The van der Waals surface area contributed by atoms with Gasteiger partial charge in [-0.25, -0.2) is 8.78 Å². The second-order valence-corrected chi connectivity index (χ2v) is 7.56. The Hall–Kier alpha value is -3.42. The summed E-state index contributed by atoms with van der Waals surface area (Å²) in [7, 11) is 0. The Morgan fingerprint density at radius 2 is 1.53 bits per heavy atom. The van der Waals surface area contributed by atoms with E-state index in [1.807, 2.05) is 13.8 Å². The normalized spacial score (nSPS) is 11.5. The number of benzene rings is 3. The molecule has 0 aliphatic carbocycles. The summed E-state index contributed by atoms with van der Waals surface area (Å²) >= 11 is 0. The summed E-state index contributed by atoms with van der Waals surface area (Å²) in [5.41, 5.74) is 0.502. The predicted molar refractivity (Wildman–Crippen MR) is 114 cm³/mol. The molecule has 1 amide bonds. The summed E-state index contributed by atoms with van der Waals surface area (Å²) < 4.78 is 67.3. The zero-order valence-corrected chi connectivity index (χ0v) is 17.6. The summed E-state index contributed by atoms with van der Waals surface area (Å²) in [5.74, 6) is -2.90. The van der Waals surface area contributed by atoms with Gasteiger partial charge in [-0.15, -0.1) is 0 Å². The molecule has 0 spiro atoms. The van der Waals surface area contributed by atoms with Crippen molar-refractivity contribution in [2.75, 3.05) is 10.2 Å². The molecule has 0 saturated heterocycles. The molecule has 0 unspecified atom stereocenters. The first-order valence-electron chi connectivity index (χ1n) is 9.81. The third-order valence-electron chi connectivity index (χ3n) is 4.91. The van der Waals surface area contributed by atoms with E-state index in [-0.39, 0.29) is 11.7 Å². The average Bonchev–Trinajstić information content (AvgIpc) is 2.69. The van der Waals surface area contributed by atoms with Crippen molar-refractivity contribution in [3.63, 3.8) is 0 Å². The number of halogens is 5. The zero-order valence-electron chi connectivity index (χ0n) is 17.6. The number of anilines is 3. The molecule has 3 nitrogen and oxygen atoms in total. The number of carbonyl (C=O) groups excluding carboxylic acids is 1. The van der Waals surface area contributed by atoms with Gasteiger partial charge in [-0.1, -0.05) is 12.1 Å². The van der Waals surface area contributed by atoms with Crippen molar-refractivity contribution in [1.29, 1.82) is 0 Å². The molecule has 0 bridgehead atoms. The van der Waals surface area contributed by atoms with Gasteiger partial charge in [0.1, 0.15) is 17.2 Å². The van der Waals surface area contributed by atoms with Gasteiger partial charge in [-0.05, 0) is 74.9 Å². The number of alkyl halides is 3. The highest BCUT2D eigenvalue weighted by Crippen LogP contribution is 2.37. The van der Waals surface area contributed by atoms with Gasteiger partial charge in [-0.3, -0.25) is 4.79 Å². The number of carbonyl (C=O) groups is 1. The number of amides is 1. The van der Waals surface area contributed by atoms with Crippen LogP contribution in [0.25, 0.3) is 0 Å². The summed E-state index contributed by atoms with van der Waals surface area (Å²) in [6.45, 7) is 5.41. The zero-order chi connectivity index (χ0) is 23.6. The van der Waals surface area contributed by atoms with Crippen LogP contribution in [0.3, 0.4) is 0 Å². The van der Waals surface area contributed by atoms with Crippen molar-refractivity contribution in [3.8, 4) is 0 Å². The van der Waals surface area contributed by atoms with Crippen LogP contribution in [0, 0.1) is 18.6 Å². The molecule has 168 valence electrons. The highest BCUT2D eigenvalue weighted by atomic mass is 19.4. The second kappa shape index (κ2) is 8.98. The number of hydrogen-bond donors (Lipinski definition) is 1. The second-order valence-electron chi connectivity index (χ2n) is 7.56. The van der Waals surface area contributed by atoms with Crippen LogP contribution in [0.5, 0.6) is 0 Å². The fourth-order valence-electron chi connectivity index (χ4n) is 3.37. The lowest BCUT2D eigenvalue weighted by molar-refractivity contribution is -0.137. The van der Waals surface area contributed by atoms with Crippen LogP contribution in [0.1, 0.15) is 35.3 Å². The Morgan fingerprint density at radius 1 is 0.938 bits per heavy atom. The lowest BCUT2D eigenvalue weighted by atomic mass is 10.1. The standard InChI is InChI=1S/C24H21F5N2O/c1-14(2)31(21-13-16(24(27,28)29)8-7-15(21)3)18-11-9-17(10-12-18)30-23(32)22-19(25)5-4-6-20(22)26/h4-14H,1-3H3,(H,30,32). The van der Waals surface area contributed by atoms with Gasteiger partial charge < -0.3 is 10.2 Å². The number of aryl methyl sites for hydroxylation is 1. The number of rotatable bonds is 5. The molecule has 3 aromatic carbocycles. The van der Waals surface area contributed by atoms with Crippen molar-refractivity contribution in [2.24, 2.45) is 0 Å². The van der Waals surface area contributed by atoms with Crippen molar-refractivity contribution >= 4 is 23.0 Å². The van der Waals surface area contributed by atoms with Crippen molar-refractivity contribution in [3.05, 3.63) is 89.0 Å². The van der Waals surface area contributed by atoms with Crippen LogP contribution < -0.4 is 10.2 Å². The van der Waals surface area contributed by atoms with E-state index in [1.165, 1.54) is 18.2 Å². The first kappa shape index (κ1) is 23.2. The van der Waals surface area contributed by atoms with Gasteiger partial charge in [0.2, 0.25) is 0 Å². The molecule has 0 aliphatic rings. The predicted octanol–water partition coefficient (Wildman–Crippen LogP) is 7.09. The molecule has 1 N–H and O–H groups in total. The average molecular weight is 448 g/mol. The maximum absolute atomic E-state index is 13.8. The Labute approximate surface area is 182 Å². The lowest BCUT2D eigenvalue weighted by Crippen LogP contribution is -2.26. The van der Waals surface area contributed by atoms with Gasteiger partial charge in [0.15, 0.2) is 0 Å². The highest BCUT2D eigenvalue weighted by Gasteiger charge is 2.31. The third-order valence-corrected chi connectivity index (χ3v) is 4.91. The van der Waals surface area contributed by atoms with Gasteiger partial charge in [0, 0.05) is 23.1 Å². The van der Waals surface area contributed by atoms with E-state index in [0.717, 1.165) is 30.3 Å². The molecule has 0 saturated carbocycles. The minimum atomic E-state index is -4.47. The van der Waals surface area contributed by atoms with Crippen LogP contribution in [0.15, 0.2) is 60.7 Å². The van der Waals surface area contributed by atoms with E-state index < -0.39 is 34.8 Å². The SMILES string of the molecule is Cc1ccc(C(F)(F)F)cc1N(c1ccc(NC(=O)c2c(F)cccc2F)cc1)C(C)C. The summed E-state index contributed by atoms with van der Waals surface area (Å²) in [4.78, 5) is 14.0. The van der Waals surface area contributed by atoms with E-state index in [9.17, 15) is 26.7 Å². The van der Waals surface area contributed by atoms with E-state index in [2.05, 4.69) is 5.32 Å². The fraction of sp³-hybridized carbons (Fsp3) is 0.208. The first-order chi connectivity index (χ1) is 15.0. The van der Waals surface area contributed by atoms with Gasteiger partial charge in [0.05, 0.1) is 5.56 Å². The number of nitrogens with zero attached hydrogens (tertiary/aromatic N) is 1. The van der Waals surface area contributed by atoms with Crippen molar-refractivity contribution in [1.82, 2.24) is 0 Å². The molecule has 0 aromatic heterocycles. The molecule has 3 aromatic rings. The lowest BCUT2D eigenvalue weighted by Gasteiger charge is -2.31. The molecular weight excluding hydrogens is 427 g/mol. The summed E-state index contributed by atoms with van der Waals surface area (Å²) in [6, 6.07) is 12.8. The maximum atomic E-state index is 13.8. The molecule has 3 rings (SSSR count). The van der Waals surface area contributed by atoms with Crippen LogP contribution in [-0.4, -0.2) is 11.9 Å². The number of hydrogen-bond acceptors (Lipinski definition) is 2. The van der Waals surface area contributed by atoms with Crippen LogP contribution in [0.2, 0.25) is 0 Å². The first-order valence-corrected chi connectivity index (χ1v) is 9.81. The third kappa shape index (κ3) is 4.90. The quantitative estimate of drug-likeness (QED) is 0.423. The van der Waals surface area contributed by atoms with Crippen LogP contribution in [0.4, 0.5) is 39.0 Å². The van der Waals surface area contributed by atoms with E-state index >= 15 is 0 Å². The molecular formula is C24H21F5N2O. The molecule has 0 atom stereocenters. The van der Waals surface area contributed by atoms with Gasteiger partial charge in [-0.2, -0.15) is 13.2 Å². The summed E-state index contributed by atoms with van der Waals surface area (Å²) in [6.07, 6.45) is -4.47. The Kier molecular flexibility index (Phi) is 6.52. The Morgan fingerprint density at radius 3 is 2.06 bits per heavy atom. The molecule has 0 heterocycles. The molecule has 0 radical (unpaired) electrons. The summed E-state index contributed by atoms with van der Waals surface area (Å²) in [5, 5.41) is 2.43. The number of nitrogens with one attached hydrogen (secondary N) is 1. The molecule has 0 aliphatic heterocycles. The molecule has 32 heavy (non-hydrogen) atoms. The van der Waals surface area contributed by atoms with Crippen LogP contribution >= 0.6 is 0 Å². The Bertz CT molecular complexity index is 1100. The monoisotopic (exact) mass is 448 g/mol. The van der Waals surface area contributed by atoms with E-state index in [0.29, 0.717) is 16.9 Å². The fourth-order valence-corrected chi connectivity index (χ4v) is 3.37. The minimum Gasteiger partial charge on any atom is -0.339 e. The van der Waals surface area contributed by atoms with Gasteiger partial charge >= 0.3 is 6.18 Å². The minimum absolute atomic E-state index is 0.176. The van der Waals surface area contributed by atoms with Crippen LogP contribution in [-0.2, 0) is 6.18 Å². The topological polar surface area (TPSA) is 32.3 Å². The van der Waals surface area contributed by atoms with Crippen molar-refractivity contribution in [2.45, 2.75) is 33.0 Å². The van der Waals surface area contributed by atoms with E-state index in [1.54, 1.807) is 24.0 Å². The smallest absolute Gasteiger partial charge is 0.339 e.